The summed E-state index contributed by atoms with van der Waals surface area (Å²) in [7, 11) is 0. The fourth-order valence-corrected chi connectivity index (χ4v) is 1.84. The van der Waals surface area contributed by atoms with Crippen LogP contribution in [0.15, 0.2) is 36.7 Å². The summed E-state index contributed by atoms with van der Waals surface area (Å²) in [4.78, 5) is 15.1. The Kier molecular flexibility index (Phi) is 2.97. The quantitative estimate of drug-likeness (QED) is 0.738. The van der Waals surface area contributed by atoms with Crippen LogP contribution in [0.2, 0.25) is 0 Å². The molecule has 0 aliphatic rings. The number of nitrogens with one attached hydrogen (secondary N) is 1. The van der Waals surface area contributed by atoms with Crippen LogP contribution in [0.5, 0.6) is 5.88 Å². The van der Waals surface area contributed by atoms with Gasteiger partial charge in [0.25, 0.3) is 0 Å². The normalized spacial score (nSPS) is 10.7. The van der Waals surface area contributed by atoms with Gasteiger partial charge in [0.2, 0.25) is 11.8 Å². The minimum atomic E-state index is 0.161. The van der Waals surface area contributed by atoms with Gasteiger partial charge in [0.1, 0.15) is 5.52 Å². The summed E-state index contributed by atoms with van der Waals surface area (Å²) in [6.45, 7) is 0.522. The van der Waals surface area contributed by atoms with Gasteiger partial charge in [-0.2, -0.15) is 9.97 Å². The number of nitrogens with zero attached hydrogens (tertiary/aromatic N) is 3. The van der Waals surface area contributed by atoms with Gasteiger partial charge < -0.3 is 15.5 Å². The number of anilines is 1. The van der Waals surface area contributed by atoms with E-state index in [9.17, 15) is 0 Å². The zero-order chi connectivity index (χ0) is 13.1. The number of ether oxygens (including phenoxy) is 1. The smallest absolute Gasteiger partial charge is 0.245 e. The molecule has 0 fully saturated rings. The second-order valence-electron chi connectivity index (χ2n) is 4.07. The largest absolute Gasteiger partial charge is 0.476 e. The van der Waals surface area contributed by atoms with E-state index in [1.54, 1.807) is 6.33 Å². The Labute approximate surface area is 109 Å². The third-order valence-electron chi connectivity index (χ3n) is 2.74. The first-order valence-electron chi connectivity index (χ1n) is 5.96. The molecule has 1 aromatic carbocycles. The Morgan fingerprint density at radius 2 is 2.00 bits per heavy atom. The van der Waals surface area contributed by atoms with E-state index in [1.165, 1.54) is 5.56 Å². The average Bonchev–Trinajstić information content (AvgIpc) is 2.88. The molecule has 0 saturated heterocycles. The zero-order valence-electron chi connectivity index (χ0n) is 10.2. The van der Waals surface area contributed by atoms with Gasteiger partial charge in [0.05, 0.1) is 12.9 Å². The average molecular weight is 255 g/mol. The molecule has 0 bridgehead atoms. The molecule has 0 unspecified atom stereocenters. The van der Waals surface area contributed by atoms with Crippen LogP contribution in [0.3, 0.4) is 0 Å². The van der Waals surface area contributed by atoms with Crippen molar-refractivity contribution in [2.24, 2.45) is 0 Å². The minimum Gasteiger partial charge on any atom is -0.476 e. The molecule has 0 aliphatic carbocycles. The Balaban J connectivity index is 1.73. The van der Waals surface area contributed by atoms with Gasteiger partial charge in [-0.25, -0.2) is 4.98 Å². The highest BCUT2D eigenvalue weighted by Crippen LogP contribution is 2.19. The Hall–Kier alpha value is -2.63. The number of aromatic amines is 1. The maximum atomic E-state index is 5.66. The predicted octanol–water partition coefficient (Wildman–Crippen LogP) is 1.56. The van der Waals surface area contributed by atoms with Crippen LogP contribution in [0, 0.1) is 0 Å². The summed E-state index contributed by atoms with van der Waals surface area (Å²) < 4.78 is 5.66. The van der Waals surface area contributed by atoms with E-state index in [4.69, 9.17) is 10.5 Å². The minimum absolute atomic E-state index is 0.161. The maximum absolute atomic E-state index is 5.66. The van der Waals surface area contributed by atoms with E-state index in [1.807, 2.05) is 18.2 Å². The monoisotopic (exact) mass is 255 g/mol. The molecule has 3 aromatic rings. The lowest BCUT2D eigenvalue weighted by Gasteiger charge is -2.06. The summed E-state index contributed by atoms with van der Waals surface area (Å²) in [5.74, 6) is 0.602. The molecular weight excluding hydrogens is 242 g/mol. The Morgan fingerprint density at radius 3 is 2.84 bits per heavy atom. The maximum Gasteiger partial charge on any atom is 0.245 e. The van der Waals surface area contributed by atoms with Crippen LogP contribution >= 0.6 is 0 Å². The van der Waals surface area contributed by atoms with Crippen LogP contribution in [-0.2, 0) is 6.42 Å². The third-order valence-corrected chi connectivity index (χ3v) is 2.74. The number of aromatic nitrogens is 4. The standard InChI is InChI=1S/C13H13N5O/c14-13-17-11-10(15-8-16-11)12(18-13)19-7-6-9-4-2-1-3-5-9/h1-5,8H,6-7H2,(H3,14,15,16,17,18). The molecule has 6 nitrogen and oxygen atoms in total. The molecule has 0 saturated carbocycles. The van der Waals surface area contributed by atoms with Crippen LogP contribution in [0.4, 0.5) is 5.95 Å². The van der Waals surface area contributed by atoms with Crippen molar-refractivity contribution in [3.8, 4) is 5.88 Å². The third kappa shape index (κ3) is 2.47. The molecular formula is C13H13N5O. The van der Waals surface area contributed by atoms with E-state index in [0.29, 0.717) is 23.7 Å². The van der Waals surface area contributed by atoms with Crippen molar-refractivity contribution in [1.82, 2.24) is 19.9 Å². The highest BCUT2D eigenvalue weighted by molar-refractivity contribution is 5.76. The SMILES string of the molecule is Nc1nc(OCCc2ccccc2)c2[nH]cnc2n1. The van der Waals surface area contributed by atoms with E-state index in [0.717, 1.165) is 6.42 Å². The molecule has 3 rings (SSSR count). The van der Waals surface area contributed by atoms with E-state index in [2.05, 4.69) is 32.1 Å². The first kappa shape index (κ1) is 11.5. The van der Waals surface area contributed by atoms with Gasteiger partial charge >= 0.3 is 0 Å². The second kappa shape index (κ2) is 4.93. The Bertz CT molecular complexity index is 680. The van der Waals surface area contributed by atoms with Gasteiger partial charge in [-0.15, -0.1) is 0 Å². The molecule has 0 amide bonds. The van der Waals surface area contributed by atoms with Gasteiger partial charge in [-0.3, -0.25) is 0 Å². The summed E-state index contributed by atoms with van der Waals surface area (Å²) in [6.07, 6.45) is 2.35. The number of nitrogen functional groups attached to an aromatic ring is 1. The fourth-order valence-electron chi connectivity index (χ4n) is 1.84. The molecule has 2 heterocycles. The summed E-state index contributed by atoms with van der Waals surface area (Å²) >= 11 is 0. The number of H-pyrrole nitrogens is 1. The van der Waals surface area contributed by atoms with Crippen LogP contribution in [-0.4, -0.2) is 26.5 Å². The lowest BCUT2D eigenvalue weighted by Crippen LogP contribution is -2.05. The van der Waals surface area contributed by atoms with Gasteiger partial charge in [-0.05, 0) is 5.56 Å². The molecule has 96 valence electrons. The molecule has 19 heavy (non-hydrogen) atoms. The molecule has 2 aromatic heterocycles. The van der Waals surface area contributed by atoms with E-state index in [-0.39, 0.29) is 5.95 Å². The van der Waals surface area contributed by atoms with Crippen LogP contribution in [0.25, 0.3) is 11.2 Å². The number of imidazole rings is 1. The van der Waals surface area contributed by atoms with E-state index >= 15 is 0 Å². The molecule has 0 radical (unpaired) electrons. The molecule has 0 atom stereocenters. The van der Waals surface area contributed by atoms with Crippen molar-refractivity contribution < 1.29 is 4.74 Å². The van der Waals surface area contributed by atoms with Crippen molar-refractivity contribution >= 4 is 17.1 Å². The van der Waals surface area contributed by atoms with E-state index < -0.39 is 0 Å². The van der Waals surface area contributed by atoms with Crippen molar-refractivity contribution in [3.63, 3.8) is 0 Å². The molecule has 0 aliphatic heterocycles. The fraction of sp³-hybridized carbons (Fsp3) is 0.154. The van der Waals surface area contributed by atoms with Crippen LogP contribution < -0.4 is 10.5 Å². The van der Waals surface area contributed by atoms with Gasteiger partial charge in [0, 0.05) is 6.42 Å². The number of nitrogens with two attached hydrogens (primary N) is 1. The highest BCUT2D eigenvalue weighted by Gasteiger charge is 2.09. The first-order chi connectivity index (χ1) is 9.33. The summed E-state index contributed by atoms with van der Waals surface area (Å²) in [5, 5.41) is 0. The first-order valence-corrected chi connectivity index (χ1v) is 5.96. The van der Waals surface area contributed by atoms with Crippen molar-refractivity contribution in [2.45, 2.75) is 6.42 Å². The number of hydrogen-bond acceptors (Lipinski definition) is 5. The second-order valence-corrected chi connectivity index (χ2v) is 4.07. The van der Waals surface area contributed by atoms with Crippen molar-refractivity contribution in [2.75, 3.05) is 12.3 Å². The van der Waals surface area contributed by atoms with Crippen molar-refractivity contribution in [1.29, 1.82) is 0 Å². The lowest BCUT2D eigenvalue weighted by molar-refractivity contribution is 0.313. The molecule has 3 N–H and O–H groups in total. The van der Waals surface area contributed by atoms with Crippen molar-refractivity contribution in [3.05, 3.63) is 42.2 Å². The topological polar surface area (TPSA) is 89.7 Å². The number of benzene rings is 1. The predicted molar refractivity (Wildman–Crippen MR) is 71.7 cm³/mol. The molecule has 0 spiro atoms. The number of rotatable bonds is 4. The zero-order valence-corrected chi connectivity index (χ0v) is 10.2. The number of fused-ring (bicyclic) bond motifs is 1. The lowest BCUT2D eigenvalue weighted by atomic mass is 10.2. The Morgan fingerprint density at radius 1 is 1.16 bits per heavy atom. The van der Waals surface area contributed by atoms with Crippen LogP contribution in [0.1, 0.15) is 5.56 Å². The number of hydrogen-bond donors (Lipinski definition) is 2. The molecule has 6 heteroatoms. The van der Waals surface area contributed by atoms with Gasteiger partial charge in [0.15, 0.2) is 5.65 Å². The highest BCUT2D eigenvalue weighted by atomic mass is 16.5. The van der Waals surface area contributed by atoms with Gasteiger partial charge in [-0.1, -0.05) is 30.3 Å². The summed E-state index contributed by atoms with van der Waals surface area (Å²) in [5.41, 5.74) is 8.01. The summed E-state index contributed by atoms with van der Waals surface area (Å²) in [6, 6.07) is 10.1.